The van der Waals surface area contributed by atoms with Gasteiger partial charge in [-0.3, -0.25) is 0 Å². The molecule has 2 heterocycles. The third-order valence-corrected chi connectivity index (χ3v) is 3.18. The SMILES string of the molecule is CCCCCNc1cc(N2CCNCC2)ncn1. The summed E-state index contributed by atoms with van der Waals surface area (Å²) in [7, 11) is 0. The number of nitrogens with zero attached hydrogens (tertiary/aromatic N) is 3. The molecule has 1 aliphatic rings. The number of anilines is 2. The average molecular weight is 249 g/mol. The van der Waals surface area contributed by atoms with Crippen LogP contribution < -0.4 is 15.5 Å². The Morgan fingerprint density at radius 2 is 2.11 bits per heavy atom. The molecule has 0 atom stereocenters. The summed E-state index contributed by atoms with van der Waals surface area (Å²) in [6.07, 6.45) is 5.36. The summed E-state index contributed by atoms with van der Waals surface area (Å²) in [4.78, 5) is 10.9. The molecule has 0 aromatic carbocycles. The van der Waals surface area contributed by atoms with Gasteiger partial charge in [0.05, 0.1) is 0 Å². The van der Waals surface area contributed by atoms with Crippen LogP contribution in [-0.4, -0.2) is 42.7 Å². The lowest BCUT2D eigenvalue weighted by molar-refractivity contribution is 0.584. The molecular formula is C13H23N5. The van der Waals surface area contributed by atoms with Crippen molar-refractivity contribution in [3.8, 4) is 0 Å². The zero-order valence-corrected chi connectivity index (χ0v) is 11.2. The maximum atomic E-state index is 4.35. The van der Waals surface area contributed by atoms with Crippen molar-refractivity contribution in [3.63, 3.8) is 0 Å². The summed E-state index contributed by atoms with van der Waals surface area (Å²) < 4.78 is 0. The van der Waals surface area contributed by atoms with E-state index in [4.69, 9.17) is 0 Å². The van der Waals surface area contributed by atoms with Crippen LogP contribution in [0.4, 0.5) is 11.6 Å². The second kappa shape index (κ2) is 7.16. The van der Waals surface area contributed by atoms with E-state index in [2.05, 4.69) is 38.5 Å². The van der Waals surface area contributed by atoms with Gasteiger partial charge in [0.2, 0.25) is 0 Å². The van der Waals surface area contributed by atoms with E-state index in [-0.39, 0.29) is 0 Å². The van der Waals surface area contributed by atoms with Crippen LogP contribution in [0.1, 0.15) is 26.2 Å². The molecule has 0 spiro atoms. The molecule has 0 radical (unpaired) electrons. The molecule has 5 nitrogen and oxygen atoms in total. The van der Waals surface area contributed by atoms with Gasteiger partial charge >= 0.3 is 0 Å². The van der Waals surface area contributed by atoms with Crippen molar-refractivity contribution in [2.75, 3.05) is 42.9 Å². The van der Waals surface area contributed by atoms with Gasteiger partial charge < -0.3 is 15.5 Å². The number of nitrogens with one attached hydrogen (secondary N) is 2. The minimum absolute atomic E-state index is 0.939. The van der Waals surface area contributed by atoms with Gasteiger partial charge in [0.25, 0.3) is 0 Å². The summed E-state index contributed by atoms with van der Waals surface area (Å²) in [6, 6.07) is 2.05. The molecule has 2 rings (SSSR count). The molecule has 1 aromatic rings. The summed E-state index contributed by atoms with van der Waals surface area (Å²) in [5.74, 6) is 1.97. The molecule has 0 bridgehead atoms. The summed E-state index contributed by atoms with van der Waals surface area (Å²) in [6.45, 7) is 7.31. The number of aromatic nitrogens is 2. The topological polar surface area (TPSA) is 53.1 Å². The number of piperazine rings is 1. The van der Waals surface area contributed by atoms with Crippen LogP contribution in [0.25, 0.3) is 0 Å². The van der Waals surface area contributed by atoms with E-state index < -0.39 is 0 Å². The van der Waals surface area contributed by atoms with E-state index in [1.165, 1.54) is 19.3 Å². The molecule has 5 heteroatoms. The maximum absolute atomic E-state index is 4.35. The van der Waals surface area contributed by atoms with Crippen molar-refractivity contribution in [2.45, 2.75) is 26.2 Å². The lowest BCUT2D eigenvalue weighted by Crippen LogP contribution is -2.43. The van der Waals surface area contributed by atoms with Crippen molar-refractivity contribution in [3.05, 3.63) is 12.4 Å². The van der Waals surface area contributed by atoms with E-state index in [0.717, 1.165) is 44.4 Å². The fraction of sp³-hybridized carbons (Fsp3) is 0.692. The van der Waals surface area contributed by atoms with Crippen LogP contribution in [-0.2, 0) is 0 Å². The quantitative estimate of drug-likeness (QED) is 0.748. The minimum atomic E-state index is 0.939. The highest BCUT2D eigenvalue weighted by atomic mass is 15.2. The first-order valence-corrected chi connectivity index (χ1v) is 6.91. The smallest absolute Gasteiger partial charge is 0.134 e. The number of hydrogen-bond donors (Lipinski definition) is 2. The van der Waals surface area contributed by atoms with Gasteiger partial charge in [0.15, 0.2) is 0 Å². The third-order valence-electron chi connectivity index (χ3n) is 3.18. The molecule has 0 amide bonds. The van der Waals surface area contributed by atoms with Crippen molar-refractivity contribution < 1.29 is 0 Å². The highest BCUT2D eigenvalue weighted by molar-refractivity contribution is 5.48. The molecule has 1 aromatic heterocycles. The van der Waals surface area contributed by atoms with Crippen molar-refractivity contribution in [1.29, 1.82) is 0 Å². The standard InChI is InChI=1S/C13H23N5/c1-2-3-4-5-15-12-10-13(17-11-16-12)18-8-6-14-7-9-18/h10-11,14H,2-9H2,1H3,(H,15,16,17). The van der Waals surface area contributed by atoms with E-state index in [1.54, 1.807) is 6.33 Å². The van der Waals surface area contributed by atoms with Gasteiger partial charge in [-0.2, -0.15) is 0 Å². The van der Waals surface area contributed by atoms with E-state index in [0.29, 0.717) is 0 Å². The largest absolute Gasteiger partial charge is 0.370 e. The Kier molecular flexibility index (Phi) is 5.20. The second-order valence-corrected chi connectivity index (χ2v) is 4.63. The molecule has 0 aliphatic carbocycles. The predicted octanol–water partition coefficient (Wildman–Crippen LogP) is 1.49. The Labute approximate surface area is 109 Å². The summed E-state index contributed by atoms with van der Waals surface area (Å²) in [5, 5.41) is 6.71. The molecule has 1 saturated heterocycles. The van der Waals surface area contributed by atoms with Crippen LogP contribution in [0.5, 0.6) is 0 Å². The summed E-state index contributed by atoms with van der Waals surface area (Å²) >= 11 is 0. The van der Waals surface area contributed by atoms with Gasteiger partial charge in [0, 0.05) is 38.8 Å². The van der Waals surface area contributed by atoms with E-state index in [1.807, 2.05) is 0 Å². The zero-order valence-electron chi connectivity index (χ0n) is 11.2. The van der Waals surface area contributed by atoms with E-state index >= 15 is 0 Å². The number of hydrogen-bond acceptors (Lipinski definition) is 5. The van der Waals surface area contributed by atoms with Crippen molar-refractivity contribution >= 4 is 11.6 Å². The first-order chi connectivity index (χ1) is 8.90. The monoisotopic (exact) mass is 249 g/mol. The van der Waals surface area contributed by atoms with Crippen molar-refractivity contribution in [1.82, 2.24) is 15.3 Å². The van der Waals surface area contributed by atoms with Gasteiger partial charge in [-0.05, 0) is 6.42 Å². The number of rotatable bonds is 6. The van der Waals surface area contributed by atoms with Gasteiger partial charge in [-0.1, -0.05) is 19.8 Å². The minimum Gasteiger partial charge on any atom is -0.370 e. The maximum Gasteiger partial charge on any atom is 0.134 e. The fourth-order valence-electron chi connectivity index (χ4n) is 2.10. The van der Waals surface area contributed by atoms with E-state index in [9.17, 15) is 0 Å². The molecule has 2 N–H and O–H groups in total. The Hall–Kier alpha value is -1.36. The van der Waals surface area contributed by atoms with Gasteiger partial charge in [0.1, 0.15) is 18.0 Å². The Morgan fingerprint density at radius 1 is 1.28 bits per heavy atom. The Balaban J connectivity index is 1.88. The molecule has 100 valence electrons. The van der Waals surface area contributed by atoms with Gasteiger partial charge in [-0.15, -0.1) is 0 Å². The molecule has 1 fully saturated rings. The highest BCUT2D eigenvalue weighted by Gasteiger charge is 2.11. The normalized spacial score (nSPS) is 15.7. The number of unbranched alkanes of at least 4 members (excludes halogenated alkanes) is 2. The molecule has 18 heavy (non-hydrogen) atoms. The summed E-state index contributed by atoms with van der Waals surface area (Å²) in [5.41, 5.74) is 0. The van der Waals surface area contributed by atoms with Crippen LogP contribution in [0.15, 0.2) is 12.4 Å². The zero-order chi connectivity index (χ0) is 12.6. The average Bonchev–Trinajstić information content (AvgIpc) is 2.45. The van der Waals surface area contributed by atoms with Crippen LogP contribution in [0.3, 0.4) is 0 Å². The lowest BCUT2D eigenvalue weighted by Gasteiger charge is -2.28. The van der Waals surface area contributed by atoms with Gasteiger partial charge in [-0.25, -0.2) is 9.97 Å². The Bertz CT molecular complexity index is 349. The lowest BCUT2D eigenvalue weighted by atomic mass is 10.2. The fourth-order valence-corrected chi connectivity index (χ4v) is 2.10. The molecule has 0 unspecified atom stereocenters. The first-order valence-electron chi connectivity index (χ1n) is 6.91. The van der Waals surface area contributed by atoms with Crippen LogP contribution >= 0.6 is 0 Å². The predicted molar refractivity (Wildman–Crippen MR) is 75.1 cm³/mol. The molecule has 0 saturated carbocycles. The molecule has 1 aliphatic heterocycles. The first kappa shape index (κ1) is 13.1. The van der Waals surface area contributed by atoms with Crippen LogP contribution in [0, 0.1) is 0 Å². The molecular weight excluding hydrogens is 226 g/mol. The highest BCUT2D eigenvalue weighted by Crippen LogP contribution is 2.14. The third kappa shape index (κ3) is 3.84. The van der Waals surface area contributed by atoms with Crippen LogP contribution in [0.2, 0.25) is 0 Å². The Morgan fingerprint density at radius 3 is 2.89 bits per heavy atom. The van der Waals surface area contributed by atoms with Crippen molar-refractivity contribution in [2.24, 2.45) is 0 Å². The second-order valence-electron chi connectivity index (χ2n) is 4.63.